The third-order valence-electron chi connectivity index (χ3n) is 5.96. The van der Waals surface area contributed by atoms with Crippen LogP contribution in [0.15, 0.2) is 66.4 Å². The zero-order chi connectivity index (χ0) is 19.1. The molecular weight excluding hydrogens is 373 g/mol. The predicted octanol–water partition coefficient (Wildman–Crippen LogP) is 5.04. The first-order valence-corrected chi connectivity index (χ1v) is 9.95. The molecule has 0 amide bonds. The summed E-state index contributed by atoms with van der Waals surface area (Å²) < 4.78 is 17.2. The number of piperidine rings is 1. The van der Waals surface area contributed by atoms with E-state index < -0.39 is 0 Å². The molecule has 1 aliphatic heterocycles. The van der Waals surface area contributed by atoms with Crippen LogP contribution in [0.1, 0.15) is 23.2 Å². The number of aromatic nitrogens is 2. The normalized spacial score (nSPS) is 21.7. The Labute approximate surface area is 169 Å². The zero-order valence-corrected chi connectivity index (χ0v) is 16.2. The van der Waals surface area contributed by atoms with Gasteiger partial charge in [0.2, 0.25) is 0 Å². The maximum atomic E-state index is 13.3. The van der Waals surface area contributed by atoms with Crippen LogP contribution in [0.5, 0.6) is 0 Å². The third kappa shape index (κ3) is 3.07. The van der Waals surface area contributed by atoms with Crippen molar-refractivity contribution in [3.8, 4) is 5.69 Å². The van der Waals surface area contributed by atoms with Gasteiger partial charge in [-0.1, -0.05) is 35.9 Å². The summed E-state index contributed by atoms with van der Waals surface area (Å²) in [5, 5.41) is 4.62. The summed E-state index contributed by atoms with van der Waals surface area (Å²) in [6.07, 6.45) is 7.07. The van der Waals surface area contributed by atoms with E-state index in [9.17, 15) is 4.39 Å². The van der Waals surface area contributed by atoms with E-state index >= 15 is 0 Å². The van der Waals surface area contributed by atoms with Gasteiger partial charge >= 0.3 is 0 Å². The molecule has 28 heavy (non-hydrogen) atoms. The quantitative estimate of drug-likeness (QED) is 0.581. The largest absolute Gasteiger partial charge is 0.233 e. The molecule has 5 heteroatoms. The van der Waals surface area contributed by atoms with Crippen molar-refractivity contribution in [3.63, 3.8) is 0 Å². The van der Waals surface area contributed by atoms with E-state index in [0.29, 0.717) is 0 Å². The van der Waals surface area contributed by atoms with Crippen LogP contribution < -0.4 is 0 Å². The molecule has 0 N–H and O–H groups in total. The average Bonchev–Trinajstić information content (AvgIpc) is 3.09. The molecule has 2 aromatic carbocycles. The molecule has 0 radical (unpaired) electrons. The molecular formula is C23H21ClFN3. The maximum absolute atomic E-state index is 13.3. The number of halogens is 2. The van der Waals surface area contributed by atoms with Crippen molar-refractivity contribution in [2.75, 3.05) is 13.1 Å². The van der Waals surface area contributed by atoms with Crippen molar-refractivity contribution < 1.29 is 4.39 Å². The van der Waals surface area contributed by atoms with Gasteiger partial charge in [-0.25, -0.2) is 13.5 Å². The van der Waals surface area contributed by atoms with Crippen LogP contribution in [0.4, 0.5) is 4.39 Å². The van der Waals surface area contributed by atoms with Crippen LogP contribution in [-0.4, -0.2) is 27.3 Å². The van der Waals surface area contributed by atoms with Gasteiger partial charge in [0.05, 0.1) is 17.6 Å². The molecule has 3 nitrogen and oxygen atoms in total. The number of benzene rings is 2. The van der Waals surface area contributed by atoms with Gasteiger partial charge in [-0.15, -0.1) is 0 Å². The summed E-state index contributed by atoms with van der Waals surface area (Å²) >= 11 is 6.49. The number of fused-ring (bicyclic) bond motifs is 2. The summed E-state index contributed by atoms with van der Waals surface area (Å²) in [4.78, 5) is 0. The van der Waals surface area contributed by atoms with Crippen molar-refractivity contribution in [2.45, 2.75) is 19.3 Å². The molecule has 0 spiro atoms. The van der Waals surface area contributed by atoms with Crippen LogP contribution in [0.2, 0.25) is 0 Å². The number of rotatable bonds is 3. The summed E-state index contributed by atoms with van der Waals surface area (Å²) in [5.74, 6) is -0.237. The van der Waals surface area contributed by atoms with Crippen LogP contribution >= 0.6 is 11.8 Å². The minimum absolute atomic E-state index is 0.00892. The lowest BCUT2D eigenvalue weighted by Crippen LogP contribution is -2.45. The van der Waals surface area contributed by atoms with Crippen molar-refractivity contribution in [1.82, 2.24) is 14.2 Å². The zero-order valence-electron chi connectivity index (χ0n) is 15.5. The monoisotopic (exact) mass is 393 g/mol. The maximum Gasteiger partial charge on any atom is 0.123 e. The molecule has 142 valence electrons. The van der Waals surface area contributed by atoms with E-state index in [1.807, 2.05) is 15.3 Å². The highest BCUT2D eigenvalue weighted by atomic mass is 35.5. The first-order valence-electron chi connectivity index (χ1n) is 9.62. The van der Waals surface area contributed by atoms with Gasteiger partial charge in [-0.3, -0.25) is 0 Å². The van der Waals surface area contributed by atoms with E-state index in [1.165, 1.54) is 28.8 Å². The predicted molar refractivity (Wildman–Crippen MR) is 110 cm³/mol. The van der Waals surface area contributed by atoms with E-state index in [1.54, 1.807) is 12.1 Å². The third-order valence-corrected chi connectivity index (χ3v) is 6.25. The second-order valence-corrected chi connectivity index (χ2v) is 8.30. The Bertz CT molecular complexity index is 1030. The topological polar surface area (TPSA) is 21.1 Å². The Kier molecular flexibility index (Phi) is 4.33. The first-order chi connectivity index (χ1) is 13.6. The van der Waals surface area contributed by atoms with E-state index in [2.05, 4.69) is 41.5 Å². The molecule has 3 aromatic rings. The molecule has 2 heterocycles. The standard InChI is InChI=1S/C23H21ClFN3/c24-27-11-10-19-12-22-18(15-26-28(22)21-8-6-20(25)7-9-21)14-23(19,16-27)13-17-4-2-1-3-5-17/h1-9,12,15H,10-11,13-14,16H2. The first kappa shape index (κ1) is 17.7. The second-order valence-electron chi connectivity index (χ2n) is 7.83. The van der Waals surface area contributed by atoms with Gasteiger partial charge in [-0.2, -0.15) is 5.10 Å². The summed E-state index contributed by atoms with van der Waals surface area (Å²) in [5.41, 5.74) is 5.96. The van der Waals surface area contributed by atoms with Gasteiger partial charge in [0.1, 0.15) is 5.82 Å². The lowest BCUT2D eigenvalue weighted by molar-refractivity contribution is 0.215. The van der Waals surface area contributed by atoms with E-state index in [0.717, 1.165) is 43.7 Å². The van der Waals surface area contributed by atoms with Crippen molar-refractivity contribution in [3.05, 3.63) is 89.0 Å². The number of nitrogens with zero attached hydrogens (tertiary/aromatic N) is 3. The van der Waals surface area contributed by atoms with Crippen LogP contribution in [-0.2, 0) is 12.8 Å². The van der Waals surface area contributed by atoms with Crippen LogP contribution in [0.3, 0.4) is 0 Å². The average molecular weight is 394 g/mol. The molecule has 1 saturated heterocycles. The minimum Gasteiger partial charge on any atom is -0.233 e. The Hall–Kier alpha value is -2.43. The van der Waals surface area contributed by atoms with Gasteiger partial charge in [-0.05, 0) is 72.5 Å². The SMILES string of the molecule is Fc1ccc(-n2ncc3c2C=C2CCN(Cl)CC2(Cc2ccccc2)C3)cc1. The molecule has 0 bridgehead atoms. The molecule has 1 unspecified atom stereocenters. The number of hydrogen-bond acceptors (Lipinski definition) is 2. The summed E-state index contributed by atoms with van der Waals surface area (Å²) in [6, 6.07) is 17.1. The van der Waals surface area contributed by atoms with Crippen LogP contribution in [0, 0.1) is 11.2 Å². The molecule has 2 aliphatic rings. The fraction of sp³-hybridized carbons (Fsp3) is 0.261. The summed E-state index contributed by atoms with van der Waals surface area (Å²) in [6.45, 7) is 1.68. The highest BCUT2D eigenvalue weighted by Gasteiger charge is 2.42. The van der Waals surface area contributed by atoms with Gasteiger partial charge in [0, 0.05) is 18.5 Å². The Morgan fingerprint density at radius 1 is 1.07 bits per heavy atom. The highest BCUT2D eigenvalue weighted by molar-refractivity contribution is 6.13. The van der Waals surface area contributed by atoms with Crippen molar-refractivity contribution >= 4 is 17.9 Å². The molecule has 1 aliphatic carbocycles. The van der Waals surface area contributed by atoms with Gasteiger partial charge in [0.15, 0.2) is 0 Å². The van der Waals surface area contributed by atoms with Gasteiger partial charge < -0.3 is 0 Å². The van der Waals surface area contributed by atoms with Gasteiger partial charge in [0.25, 0.3) is 0 Å². The van der Waals surface area contributed by atoms with Crippen molar-refractivity contribution in [2.24, 2.45) is 5.41 Å². The fourth-order valence-corrected chi connectivity index (χ4v) is 4.94. The molecule has 1 atom stereocenters. The van der Waals surface area contributed by atoms with Crippen molar-refractivity contribution in [1.29, 1.82) is 0 Å². The van der Waals surface area contributed by atoms with E-state index in [4.69, 9.17) is 11.8 Å². The fourth-order valence-electron chi connectivity index (χ4n) is 4.63. The lowest BCUT2D eigenvalue weighted by atomic mass is 9.66. The van der Waals surface area contributed by atoms with E-state index in [-0.39, 0.29) is 11.2 Å². The van der Waals surface area contributed by atoms with Crippen LogP contribution in [0.25, 0.3) is 11.8 Å². The molecule has 1 aromatic heterocycles. The Morgan fingerprint density at radius 3 is 2.64 bits per heavy atom. The Balaban J connectivity index is 1.56. The minimum atomic E-state index is -0.237. The Morgan fingerprint density at radius 2 is 1.86 bits per heavy atom. The summed E-state index contributed by atoms with van der Waals surface area (Å²) in [7, 11) is 0. The molecule has 5 rings (SSSR count). The smallest absolute Gasteiger partial charge is 0.123 e. The molecule has 0 saturated carbocycles. The lowest BCUT2D eigenvalue weighted by Gasteiger charge is -2.45. The highest BCUT2D eigenvalue weighted by Crippen LogP contribution is 2.46. The number of hydrogen-bond donors (Lipinski definition) is 0. The molecule has 1 fully saturated rings. The second kappa shape index (κ2) is 6.87.